The van der Waals surface area contributed by atoms with Gasteiger partial charge in [0, 0.05) is 37.2 Å². The topological polar surface area (TPSA) is 25.4 Å². The van der Waals surface area contributed by atoms with Crippen molar-refractivity contribution in [2.75, 3.05) is 25.1 Å². The molecule has 4 heteroatoms. The molecule has 0 N–H and O–H groups in total. The van der Waals surface area contributed by atoms with Crippen molar-refractivity contribution in [3.8, 4) is 0 Å². The molecule has 112 valence electrons. The number of piperidine rings is 1. The van der Waals surface area contributed by atoms with Crippen LogP contribution in [-0.4, -0.2) is 31.3 Å². The third-order valence-electron chi connectivity index (χ3n) is 3.89. The fraction of sp³-hybridized carbons (Fsp3) is 0.688. The lowest BCUT2D eigenvalue weighted by atomic mass is 9.91. The summed E-state index contributed by atoms with van der Waals surface area (Å²) in [6.45, 7) is 8.57. The molecule has 2 rings (SSSR count). The van der Waals surface area contributed by atoms with Crippen molar-refractivity contribution in [2.45, 2.75) is 51.0 Å². The molecule has 0 unspecified atom stereocenters. The normalized spacial score (nSPS) is 17.6. The van der Waals surface area contributed by atoms with Crippen LogP contribution >= 0.6 is 11.6 Å². The fourth-order valence-electron chi connectivity index (χ4n) is 2.52. The number of hydrogen-bond donors (Lipinski definition) is 0. The van der Waals surface area contributed by atoms with E-state index in [0.29, 0.717) is 12.0 Å². The molecule has 0 atom stereocenters. The number of ether oxygens (including phenoxy) is 1. The number of methoxy groups -OCH3 is 1. The average molecular weight is 297 g/mol. The van der Waals surface area contributed by atoms with Crippen molar-refractivity contribution in [1.82, 2.24) is 4.98 Å². The molecule has 3 nitrogen and oxygen atoms in total. The first-order valence-corrected chi connectivity index (χ1v) is 7.82. The summed E-state index contributed by atoms with van der Waals surface area (Å²) >= 11 is 6.04. The van der Waals surface area contributed by atoms with Crippen LogP contribution in [0.3, 0.4) is 0 Å². The first kappa shape index (κ1) is 15.6. The van der Waals surface area contributed by atoms with Gasteiger partial charge in [-0.15, -0.1) is 11.6 Å². The van der Waals surface area contributed by atoms with Crippen molar-refractivity contribution in [3.05, 3.63) is 23.4 Å². The van der Waals surface area contributed by atoms with E-state index in [-0.39, 0.29) is 5.41 Å². The smallest absolute Gasteiger partial charge is 0.129 e. The molecular weight excluding hydrogens is 272 g/mol. The van der Waals surface area contributed by atoms with Gasteiger partial charge in [-0.1, -0.05) is 20.8 Å². The molecule has 0 aromatic carbocycles. The molecule has 1 aliphatic heterocycles. The van der Waals surface area contributed by atoms with Gasteiger partial charge in [0.25, 0.3) is 0 Å². The van der Waals surface area contributed by atoms with Gasteiger partial charge in [0.1, 0.15) is 5.82 Å². The Balaban J connectivity index is 2.23. The van der Waals surface area contributed by atoms with Gasteiger partial charge in [0.05, 0.1) is 6.10 Å². The van der Waals surface area contributed by atoms with E-state index >= 15 is 0 Å². The monoisotopic (exact) mass is 296 g/mol. The van der Waals surface area contributed by atoms with E-state index < -0.39 is 0 Å². The zero-order chi connectivity index (χ0) is 14.8. The van der Waals surface area contributed by atoms with Crippen LogP contribution in [-0.2, 0) is 16.0 Å². The van der Waals surface area contributed by atoms with Gasteiger partial charge in [0.2, 0.25) is 0 Å². The van der Waals surface area contributed by atoms with Crippen LogP contribution in [0.5, 0.6) is 0 Å². The lowest BCUT2D eigenvalue weighted by molar-refractivity contribution is 0.0818. The van der Waals surface area contributed by atoms with E-state index in [4.69, 9.17) is 21.3 Å². The maximum atomic E-state index is 6.04. The molecule has 1 fully saturated rings. The van der Waals surface area contributed by atoms with Crippen LogP contribution in [0, 0.1) is 0 Å². The van der Waals surface area contributed by atoms with Crippen LogP contribution in [0.25, 0.3) is 0 Å². The minimum Gasteiger partial charge on any atom is -0.381 e. The van der Waals surface area contributed by atoms with E-state index in [9.17, 15) is 0 Å². The highest BCUT2D eigenvalue weighted by Gasteiger charge is 2.22. The largest absolute Gasteiger partial charge is 0.381 e. The standard InChI is InChI=1S/C16H25ClN2O/c1-16(2,3)14-9-12(11-17)10-15(18-14)19-7-5-13(20-4)6-8-19/h9-10,13H,5-8,11H2,1-4H3. The van der Waals surface area contributed by atoms with Gasteiger partial charge < -0.3 is 9.64 Å². The molecule has 0 aliphatic carbocycles. The number of alkyl halides is 1. The Labute approximate surface area is 127 Å². The number of pyridine rings is 1. The molecule has 0 amide bonds. The summed E-state index contributed by atoms with van der Waals surface area (Å²) in [5.74, 6) is 1.59. The van der Waals surface area contributed by atoms with Gasteiger partial charge >= 0.3 is 0 Å². The van der Waals surface area contributed by atoms with Crippen molar-refractivity contribution in [3.63, 3.8) is 0 Å². The quantitative estimate of drug-likeness (QED) is 0.795. The SMILES string of the molecule is COC1CCN(c2cc(CCl)cc(C(C)(C)C)n2)CC1. The van der Waals surface area contributed by atoms with E-state index in [1.807, 2.05) is 0 Å². The summed E-state index contributed by atoms with van der Waals surface area (Å²) in [6.07, 6.45) is 2.52. The minimum atomic E-state index is 0.0433. The highest BCUT2D eigenvalue weighted by atomic mass is 35.5. The number of anilines is 1. The Bertz CT molecular complexity index is 448. The lowest BCUT2D eigenvalue weighted by Gasteiger charge is -2.33. The number of rotatable bonds is 3. The van der Waals surface area contributed by atoms with E-state index in [1.165, 1.54) is 0 Å². The Morgan fingerprint density at radius 1 is 1.30 bits per heavy atom. The van der Waals surface area contributed by atoms with Crippen LogP contribution in [0.2, 0.25) is 0 Å². The summed E-state index contributed by atoms with van der Waals surface area (Å²) in [6, 6.07) is 4.24. The lowest BCUT2D eigenvalue weighted by Crippen LogP contribution is -2.37. The zero-order valence-electron chi connectivity index (χ0n) is 12.9. The summed E-state index contributed by atoms with van der Waals surface area (Å²) in [7, 11) is 1.80. The summed E-state index contributed by atoms with van der Waals surface area (Å²) in [5, 5.41) is 0. The zero-order valence-corrected chi connectivity index (χ0v) is 13.7. The van der Waals surface area contributed by atoms with Crippen LogP contribution < -0.4 is 4.90 Å². The third kappa shape index (κ3) is 3.64. The maximum Gasteiger partial charge on any atom is 0.129 e. The summed E-state index contributed by atoms with van der Waals surface area (Å²) < 4.78 is 5.43. The first-order valence-electron chi connectivity index (χ1n) is 7.29. The first-order chi connectivity index (χ1) is 9.44. The minimum absolute atomic E-state index is 0.0433. The molecule has 2 heterocycles. The predicted molar refractivity (Wildman–Crippen MR) is 84.7 cm³/mol. The van der Waals surface area contributed by atoms with E-state index in [0.717, 1.165) is 43.0 Å². The molecule has 1 aromatic heterocycles. The second-order valence-corrected chi connectivity index (χ2v) is 6.79. The van der Waals surface area contributed by atoms with Gasteiger partial charge in [-0.05, 0) is 30.5 Å². The molecule has 0 radical (unpaired) electrons. The Morgan fingerprint density at radius 2 is 1.95 bits per heavy atom. The van der Waals surface area contributed by atoms with Crippen LogP contribution in [0.4, 0.5) is 5.82 Å². The number of nitrogens with zero attached hydrogens (tertiary/aromatic N) is 2. The van der Waals surface area contributed by atoms with Gasteiger partial charge in [-0.25, -0.2) is 4.98 Å². The van der Waals surface area contributed by atoms with Crippen molar-refractivity contribution >= 4 is 17.4 Å². The number of hydrogen-bond acceptors (Lipinski definition) is 3. The third-order valence-corrected chi connectivity index (χ3v) is 4.20. The van der Waals surface area contributed by atoms with Crippen LogP contribution in [0.15, 0.2) is 12.1 Å². The molecule has 0 saturated carbocycles. The number of aromatic nitrogens is 1. The molecule has 0 spiro atoms. The average Bonchev–Trinajstić information content (AvgIpc) is 2.46. The van der Waals surface area contributed by atoms with E-state index in [2.05, 4.69) is 37.8 Å². The van der Waals surface area contributed by atoms with Crippen molar-refractivity contribution in [2.24, 2.45) is 0 Å². The second kappa shape index (κ2) is 6.31. The van der Waals surface area contributed by atoms with Gasteiger partial charge in [0.15, 0.2) is 0 Å². The summed E-state index contributed by atoms with van der Waals surface area (Å²) in [5.41, 5.74) is 2.30. The molecule has 1 saturated heterocycles. The van der Waals surface area contributed by atoms with Gasteiger partial charge in [-0.2, -0.15) is 0 Å². The maximum absolute atomic E-state index is 6.04. The number of halogens is 1. The molecule has 1 aliphatic rings. The fourth-order valence-corrected chi connectivity index (χ4v) is 2.67. The Hall–Kier alpha value is -0.800. The highest BCUT2D eigenvalue weighted by molar-refractivity contribution is 6.17. The van der Waals surface area contributed by atoms with E-state index in [1.54, 1.807) is 7.11 Å². The Kier molecular flexibility index (Phi) is 4.92. The van der Waals surface area contributed by atoms with Gasteiger partial charge in [-0.3, -0.25) is 0 Å². The molecule has 20 heavy (non-hydrogen) atoms. The van der Waals surface area contributed by atoms with Crippen molar-refractivity contribution < 1.29 is 4.74 Å². The van der Waals surface area contributed by atoms with Crippen molar-refractivity contribution in [1.29, 1.82) is 0 Å². The summed E-state index contributed by atoms with van der Waals surface area (Å²) in [4.78, 5) is 7.20. The Morgan fingerprint density at radius 3 is 2.45 bits per heavy atom. The molecule has 1 aromatic rings. The molecule has 0 bridgehead atoms. The molecular formula is C16H25ClN2O. The second-order valence-electron chi connectivity index (χ2n) is 6.52. The highest BCUT2D eigenvalue weighted by Crippen LogP contribution is 2.27. The predicted octanol–water partition coefficient (Wildman–Crippen LogP) is 3.73. The van der Waals surface area contributed by atoms with Crippen LogP contribution in [0.1, 0.15) is 44.9 Å².